The fourth-order valence-corrected chi connectivity index (χ4v) is 3.44. The number of carbonyl (C=O) groups excluding carboxylic acids is 2. The molecular weight excluding hydrogens is 430 g/mol. The maximum absolute atomic E-state index is 12.2. The van der Waals surface area contributed by atoms with E-state index < -0.39 is 11.9 Å². The molecule has 3 amide bonds. The molecule has 4 aromatic rings. The molecule has 0 radical (unpaired) electrons. The van der Waals surface area contributed by atoms with E-state index in [0.717, 1.165) is 28.2 Å². The zero-order valence-electron chi connectivity index (χ0n) is 17.2. The first-order valence-corrected chi connectivity index (χ1v) is 10.3. The van der Waals surface area contributed by atoms with E-state index in [1.807, 2.05) is 24.3 Å². The van der Waals surface area contributed by atoms with Gasteiger partial charge in [-0.05, 0) is 78.7 Å². The van der Waals surface area contributed by atoms with Crippen molar-refractivity contribution in [1.82, 2.24) is 15.0 Å². The third-order valence-corrected chi connectivity index (χ3v) is 5.31. The van der Waals surface area contributed by atoms with Crippen molar-refractivity contribution in [2.45, 2.75) is 4.90 Å². The molecule has 0 atom stereocenters. The molecule has 0 bridgehead atoms. The molecule has 3 aromatic carbocycles. The number of fused-ring (bicyclic) bond motifs is 1. The van der Waals surface area contributed by atoms with Crippen molar-refractivity contribution >= 4 is 35.0 Å². The minimum Gasteiger partial charge on any atom is -0.497 e. The summed E-state index contributed by atoms with van der Waals surface area (Å²) in [6.07, 6.45) is 0. The smallest absolute Gasteiger partial charge is 0.331 e. The molecule has 9 heteroatoms. The first kappa shape index (κ1) is 21.3. The highest BCUT2D eigenvalue weighted by molar-refractivity contribution is 7.98. The van der Waals surface area contributed by atoms with Gasteiger partial charge in [0.2, 0.25) is 5.89 Å². The fraction of sp³-hybridized carbons (Fsp3) is 0.0870. The van der Waals surface area contributed by atoms with E-state index in [9.17, 15) is 9.59 Å². The van der Waals surface area contributed by atoms with Crippen LogP contribution in [-0.2, 0) is 0 Å². The van der Waals surface area contributed by atoms with E-state index in [-0.39, 0.29) is 0 Å². The second kappa shape index (κ2) is 9.44. The van der Waals surface area contributed by atoms with Crippen LogP contribution in [0.4, 0.5) is 4.79 Å². The number of methoxy groups -OCH3 is 2. The first-order chi connectivity index (χ1) is 15.6. The Bertz CT molecular complexity index is 1250. The number of urea groups is 1. The Hall–Kier alpha value is -3.98. The van der Waals surface area contributed by atoms with Gasteiger partial charge in [0.1, 0.15) is 17.0 Å². The Balaban J connectivity index is 1.38. The van der Waals surface area contributed by atoms with Crippen molar-refractivity contribution in [3.8, 4) is 23.0 Å². The van der Waals surface area contributed by atoms with Gasteiger partial charge < -0.3 is 13.9 Å². The Morgan fingerprint density at radius 3 is 2.22 bits per heavy atom. The third kappa shape index (κ3) is 4.84. The second-order valence-electron chi connectivity index (χ2n) is 6.59. The van der Waals surface area contributed by atoms with Crippen molar-refractivity contribution < 1.29 is 23.5 Å². The molecule has 0 saturated carbocycles. The lowest BCUT2D eigenvalue weighted by molar-refractivity contribution is 0.0965. The summed E-state index contributed by atoms with van der Waals surface area (Å²) < 4.78 is 18.6. The van der Waals surface area contributed by atoms with Crippen LogP contribution in [0.3, 0.4) is 0 Å². The van der Waals surface area contributed by atoms with E-state index in [1.165, 1.54) is 7.11 Å². The molecule has 0 fully saturated rings. The number of oxazole rings is 1. The number of ether oxygens (including phenoxy) is 2. The highest BCUT2D eigenvalue weighted by Crippen LogP contribution is 2.28. The Kier molecular flexibility index (Phi) is 6.27. The zero-order valence-corrected chi connectivity index (χ0v) is 18.1. The minimum absolute atomic E-state index is 0.348. The molecular formula is C23H19N3O5S. The third-order valence-electron chi connectivity index (χ3n) is 4.54. The normalized spacial score (nSPS) is 10.6. The van der Waals surface area contributed by atoms with E-state index in [1.54, 1.807) is 49.6 Å². The number of nitrogens with one attached hydrogen (secondary N) is 2. The lowest BCUT2D eigenvalue weighted by Crippen LogP contribution is -2.36. The van der Waals surface area contributed by atoms with Crippen molar-refractivity contribution in [1.29, 1.82) is 0 Å². The molecule has 0 saturated heterocycles. The zero-order chi connectivity index (χ0) is 22.5. The van der Waals surface area contributed by atoms with Crippen LogP contribution in [0.5, 0.6) is 11.5 Å². The predicted octanol–water partition coefficient (Wildman–Crippen LogP) is 4.66. The topological polar surface area (TPSA) is 103 Å². The van der Waals surface area contributed by atoms with E-state index in [0.29, 0.717) is 28.3 Å². The number of amides is 3. The Morgan fingerprint density at radius 1 is 0.906 bits per heavy atom. The number of carbonyl (C=O) groups is 2. The van der Waals surface area contributed by atoms with Crippen molar-refractivity contribution in [2.24, 2.45) is 0 Å². The lowest BCUT2D eigenvalue weighted by Gasteiger charge is -2.06. The van der Waals surface area contributed by atoms with E-state index in [2.05, 4.69) is 15.0 Å². The number of imide groups is 1. The number of aromatic nitrogens is 1. The maximum atomic E-state index is 12.2. The van der Waals surface area contributed by atoms with Crippen LogP contribution in [0.25, 0.3) is 22.6 Å². The Labute approximate surface area is 188 Å². The standard InChI is InChI=1S/C23H19N3O5S/c1-29-16-7-3-14(4-8-16)21(27)25-23(28)26-32-18-11-12-20-19(13-18)24-22(31-20)15-5-9-17(30-2)10-6-15/h3-13H,1-2H3,(H2,25,26,27,28). The van der Waals surface area contributed by atoms with Gasteiger partial charge in [-0.15, -0.1) is 0 Å². The van der Waals surface area contributed by atoms with Gasteiger partial charge in [0.25, 0.3) is 5.91 Å². The number of hydrogen-bond donors (Lipinski definition) is 2. The molecule has 162 valence electrons. The molecule has 32 heavy (non-hydrogen) atoms. The number of hydrogen-bond acceptors (Lipinski definition) is 7. The largest absolute Gasteiger partial charge is 0.497 e. The van der Waals surface area contributed by atoms with Crippen LogP contribution in [0.15, 0.2) is 76.0 Å². The molecule has 0 spiro atoms. The molecule has 8 nitrogen and oxygen atoms in total. The van der Waals surface area contributed by atoms with E-state index >= 15 is 0 Å². The summed E-state index contributed by atoms with van der Waals surface area (Å²) in [5.74, 6) is 1.35. The second-order valence-corrected chi connectivity index (χ2v) is 7.47. The summed E-state index contributed by atoms with van der Waals surface area (Å²) in [7, 11) is 3.15. The van der Waals surface area contributed by atoms with Crippen molar-refractivity contribution in [2.75, 3.05) is 14.2 Å². The molecule has 0 aliphatic rings. The molecule has 4 rings (SSSR count). The lowest BCUT2D eigenvalue weighted by atomic mass is 10.2. The van der Waals surface area contributed by atoms with Crippen LogP contribution < -0.4 is 19.5 Å². The summed E-state index contributed by atoms with van der Waals surface area (Å²) in [4.78, 5) is 29.5. The molecule has 0 unspecified atom stereocenters. The summed E-state index contributed by atoms with van der Waals surface area (Å²) in [6.45, 7) is 0. The average Bonchev–Trinajstić information content (AvgIpc) is 3.26. The van der Waals surface area contributed by atoms with Gasteiger partial charge in [-0.2, -0.15) is 0 Å². The summed E-state index contributed by atoms with van der Waals surface area (Å²) in [5.41, 5.74) is 2.45. The number of rotatable bonds is 6. The van der Waals surface area contributed by atoms with Gasteiger partial charge in [-0.3, -0.25) is 14.8 Å². The predicted molar refractivity (Wildman–Crippen MR) is 121 cm³/mol. The summed E-state index contributed by atoms with van der Waals surface area (Å²) in [6, 6.07) is 18.6. The number of nitrogens with zero attached hydrogens (tertiary/aromatic N) is 1. The van der Waals surface area contributed by atoms with Gasteiger partial charge >= 0.3 is 6.03 Å². The Morgan fingerprint density at radius 2 is 1.56 bits per heavy atom. The van der Waals surface area contributed by atoms with Gasteiger partial charge in [0.15, 0.2) is 5.58 Å². The SMILES string of the molecule is COc1ccc(C(=O)NC(=O)NSc2ccc3oc(-c4ccc(OC)cc4)nc3c2)cc1. The molecule has 2 N–H and O–H groups in total. The summed E-state index contributed by atoms with van der Waals surface area (Å²) in [5, 5.41) is 2.28. The van der Waals surface area contributed by atoms with Gasteiger partial charge in [0.05, 0.1) is 14.2 Å². The fourth-order valence-electron chi connectivity index (χ4n) is 2.88. The molecule has 0 aliphatic carbocycles. The van der Waals surface area contributed by atoms with Gasteiger partial charge in [-0.1, -0.05) is 0 Å². The van der Waals surface area contributed by atoms with Crippen LogP contribution in [0, 0.1) is 0 Å². The monoisotopic (exact) mass is 449 g/mol. The molecule has 1 aromatic heterocycles. The van der Waals surface area contributed by atoms with Crippen molar-refractivity contribution in [3.05, 3.63) is 72.3 Å². The van der Waals surface area contributed by atoms with Crippen molar-refractivity contribution in [3.63, 3.8) is 0 Å². The molecule has 0 aliphatic heterocycles. The van der Waals surface area contributed by atoms with Crippen LogP contribution in [-0.4, -0.2) is 31.1 Å². The minimum atomic E-state index is -0.630. The maximum Gasteiger partial charge on any atom is 0.331 e. The highest BCUT2D eigenvalue weighted by atomic mass is 32.2. The molecule has 1 heterocycles. The summed E-state index contributed by atoms with van der Waals surface area (Å²) >= 11 is 1.06. The van der Waals surface area contributed by atoms with Crippen LogP contribution in [0.2, 0.25) is 0 Å². The van der Waals surface area contributed by atoms with Gasteiger partial charge in [-0.25, -0.2) is 9.78 Å². The highest BCUT2D eigenvalue weighted by Gasteiger charge is 2.12. The van der Waals surface area contributed by atoms with Crippen LogP contribution >= 0.6 is 11.9 Å². The quantitative estimate of drug-likeness (QED) is 0.413. The first-order valence-electron chi connectivity index (χ1n) is 9.53. The van der Waals surface area contributed by atoms with Gasteiger partial charge in [0, 0.05) is 16.0 Å². The van der Waals surface area contributed by atoms with E-state index in [4.69, 9.17) is 13.9 Å². The van der Waals surface area contributed by atoms with Crippen LogP contribution in [0.1, 0.15) is 10.4 Å². The average molecular weight is 449 g/mol. The number of benzene rings is 3.